The summed E-state index contributed by atoms with van der Waals surface area (Å²) in [5.74, 6) is 0. The lowest BCUT2D eigenvalue weighted by atomic mass is 10.1. The van der Waals surface area contributed by atoms with Gasteiger partial charge in [0.2, 0.25) is 0 Å². The van der Waals surface area contributed by atoms with Crippen LogP contribution in [0.3, 0.4) is 0 Å². The summed E-state index contributed by atoms with van der Waals surface area (Å²) < 4.78 is 10.6. The van der Waals surface area contributed by atoms with Crippen molar-refractivity contribution in [2.75, 3.05) is 19.8 Å². The number of aliphatic hydroxyl groups is 4. The molecule has 1 saturated heterocycles. The van der Waals surface area contributed by atoms with Crippen LogP contribution in [0.15, 0.2) is 12.2 Å². The topological polar surface area (TPSA) is 125 Å². The van der Waals surface area contributed by atoms with Gasteiger partial charge in [-0.2, -0.15) is 0 Å². The maximum atomic E-state index is 9.83. The maximum Gasteiger partial charge on any atom is 0.187 e. The molecule has 6 N–H and O–H groups in total. The third kappa shape index (κ3) is 8.59. The van der Waals surface area contributed by atoms with E-state index in [1.807, 2.05) is 12.2 Å². The average Bonchev–Trinajstić information content (AvgIpc) is 2.90. The summed E-state index contributed by atoms with van der Waals surface area (Å²) in [5, 5.41) is 38.0. The molecular weight excluding hydrogens is 326 g/mol. The number of rotatable bonds is 14. The Balaban J connectivity index is 2.04. The van der Waals surface area contributed by atoms with Crippen molar-refractivity contribution in [1.29, 1.82) is 0 Å². The highest BCUT2D eigenvalue weighted by Gasteiger charge is 2.46. The lowest BCUT2D eigenvalue weighted by Gasteiger charge is -2.18. The Hall–Kier alpha value is -0.540. The van der Waals surface area contributed by atoms with E-state index in [1.54, 1.807) is 0 Å². The van der Waals surface area contributed by atoms with Crippen molar-refractivity contribution in [2.45, 2.75) is 82.1 Å². The second kappa shape index (κ2) is 13.6. The van der Waals surface area contributed by atoms with E-state index in [2.05, 4.69) is 0 Å². The van der Waals surface area contributed by atoms with E-state index in [1.165, 1.54) is 32.1 Å². The van der Waals surface area contributed by atoms with Gasteiger partial charge in [-0.25, -0.2) is 0 Å². The Bertz CT molecular complexity index is 354. The van der Waals surface area contributed by atoms with Crippen molar-refractivity contribution >= 4 is 0 Å². The van der Waals surface area contributed by atoms with Gasteiger partial charge in [-0.05, 0) is 25.8 Å². The summed E-state index contributed by atoms with van der Waals surface area (Å²) in [7, 11) is 0. The molecule has 1 aliphatic rings. The van der Waals surface area contributed by atoms with Crippen molar-refractivity contribution in [3.8, 4) is 0 Å². The molecule has 0 radical (unpaired) electrons. The van der Waals surface area contributed by atoms with Gasteiger partial charge in [0.15, 0.2) is 6.29 Å². The first-order valence-electron chi connectivity index (χ1n) is 9.39. The van der Waals surface area contributed by atoms with E-state index >= 15 is 0 Å². The molecule has 0 aromatic rings. The van der Waals surface area contributed by atoms with Gasteiger partial charge < -0.3 is 35.6 Å². The molecule has 0 aromatic heterocycles. The zero-order valence-electron chi connectivity index (χ0n) is 15.0. The number of nitrogens with two attached hydrogens (primary N) is 1. The molecule has 0 saturated carbocycles. The number of hydrogen-bond donors (Lipinski definition) is 5. The third-order valence-electron chi connectivity index (χ3n) is 4.42. The minimum atomic E-state index is -1.28. The first kappa shape index (κ1) is 22.5. The van der Waals surface area contributed by atoms with Crippen LogP contribution in [0.1, 0.15) is 51.4 Å². The molecule has 1 aliphatic heterocycles. The number of ether oxygens (including phenoxy) is 2. The Morgan fingerprint density at radius 1 is 0.960 bits per heavy atom. The highest BCUT2D eigenvalue weighted by Crippen LogP contribution is 2.24. The normalized spacial score (nSPS) is 28.0. The van der Waals surface area contributed by atoms with Gasteiger partial charge in [0.25, 0.3) is 0 Å². The lowest BCUT2D eigenvalue weighted by Crippen LogP contribution is -2.40. The largest absolute Gasteiger partial charge is 0.394 e. The highest BCUT2D eigenvalue weighted by molar-refractivity contribution is 4.91. The highest BCUT2D eigenvalue weighted by atomic mass is 16.7. The molecule has 148 valence electrons. The lowest BCUT2D eigenvalue weighted by molar-refractivity contribution is -0.175. The number of unbranched alkanes of at least 4 members (excludes halogenated alkanes) is 7. The van der Waals surface area contributed by atoms with E-state index in [9.17, 15) is 15.3 Å². The molecule has 5 atom stereocenters. The second-order valence-electron chi connectivity index (χ2n) is 6.56. The molecular formula is C18H35NO6. The summed E-state index contributed by atoms with van der Waals surface area (Å²) in [4.78, 5) is 0. The number of aliphatic hydroxyl groups excluding tert-OH is 4. The van der Waals surface area contributed by atoms with Gasteiger partial charge in [0, 0.05) is 0 Å². The molecule has 0 aliphatic carbocycles. The maximum absolute atomic E-state index is 9.83. The molecule has 0 spiro atoms. The van der Waals surface area contributed by atoms with Crippen molar-refractivity contribution in [1.82, 2.24) is 0 Å². The SMILES string of the molecule is NCCCCCCCCC/C=C/CO[C@@H]1O[C@@H]([C@H](O)CO)C(O)[C@@H]1O. The van der Waals surface area contributed by atoms with Crippen LogP contribution in [-0.4, -0.2) is 70.9 Å². The predicted octanol–water partition coefficient (Wildman–Crippen LogP) is 0.439. The molecule has 1 heterocycles. The Labute approximate surface area is 150 Å². The van der Waals surface area contributed by atoms with E-state index in [-0.39, 0.29) is 6.61 Å². The van der Waals surface area contributed by atoms with E-state index in [4.69, 9.17) is 20.3 Å². The summed E-state index contributed by atoms with van der Waals surface area (Å²) in [6.45, 7) is 0.501. The van der Waals surface area contributed by atoms with Crippen LogP contribution in [-0.2, 0) is 9.47 Å². The Morgan fingerprint density at radius 3 is 2.24 bits per heavy atom. The van der Waals surface area contributed by atoms with Crippen molar-refractivity contribution < 1.29 is 29.9 Å². The first-order chi connectivity index (χ1) is 12.1. The Morgan fingerprint density at radius 2 is 1.60 bits per heavy atom. The van der Waals surface area contributed by atoms with Gasteiger partial charge in [-0.1, -0.05) is 44.3 Å². The minimum absolute atomic E-state index is 0.259. The monoisotopic (exact) mass is 361 g/mol. The standard InChI is InChI=1S/C18H35NO6/c19-11-9-7-5-3-1-2-4-6-8-10-12-24-18-16(23)15(22)17(25-18)14(21)13-20/h8,10,14-18,20-23H,1-7,9,11-13,19H2/b10-8+/t14-,15?,16+,17+,18-/m1/s1. The molecule has 0 aromatic carbocycles. The fourth-order valence-electron chi connectivity index (χ4n) is 2.86. The van der Waals surface area contributed by atoms with Crippen LogP contribution in [0.25, 0.3) is 0 Å². The fraction of sp³-hybridized carbons (Fsp3) is 0.889. The average molecular weight is 361 g/mol. The van der Waals surface area contributed by atoms with Gasteiger partial charge in [-0.15, -0.1) is 0 Å². The zero-order chi connectivity index (χ0) is 18.5. The molecule has 25 heavy (non-hydrogen) atoms. The van der Waals surface area contributed by atoms with E-state index in [0.29, 0.717) is 0 Å². The van der Waals surface area contributed by atoms with Crippen LogP contribution in [0.5, 0.6) is 0 Å². The number of allylic oxidation sites excluding steroid dienone is 1. The van der Waals surface area contributed by atoms with Crippen molar-refractivity contribution in [3.63, 3.8) is 0 Å². The van der Waals surface area contributed by atoms with Crippen LogP contribution in [0, 0.1) is 0 Å². The van der Waals surface area contributed by atoms with Gasteiger partial charge in [0.05, 0.1) is 13.2 Å². The molecule has 1 unspecified atom stereocenters. The summed E-state index contributed by atoms with van der Waals surface area (Å²) in [6.07, 6.45) is 7.57. The second-order valence-corrected chi connectivity index (χ2v) is 6.56. The minimum Gasteiger partial charge on any atom is -0.394 e. The summed E-state index contributed by atoms with van der Waals surface area (Å²) in [5.41, 5.74) is 5.46. The molecule has 1 rings (SSSR count). The summed E-state index contributed by atoms with van der Waals surface area (Å²) in [6, 6.07) is 0. The molecule has 1 fully saturated rings. The van der Waals surface area contributed by atoms with Crippen LogP contribution >= 0.6 is 0 Å². The van der Waals surface area contributed by atoms with E-state index in [0.717, 1.165) is 25.8 Å². The first-order valence-corrected chi connectivity index (χ1v) is 9.39. The smallest absolute Gasteiger partial charge is 0.187 e. The van der Waals surface area contributed by atoms with Crippen molar-refractivity contribution in [2.24, 2.45) is 5.73 Å². The number of hydrogen-bond acceptors (Lipinski definition) is 7. The zero-order valence-corrected chi connectivity index (χ0v) is 15.0. The molecule has 0 amide bonds. The fourth-order valence-corrected chi connectivity index (χ4v) is 2.86. The van der Waals surface area contributed by atoms with Crippen LogP contribution in [0.2, 0.25) is 0 Å². The van der Waals surface area contributed by atoms with Gasteiger partial charge >= 0.3 is 0 Å². The van der Waals surface area contributed by atoms with Gasteiger partial charge in [-0.3, -0.25) is 0 Å². The summed E-state index contributed by atoms with van der Waals surface area (Å²) >= 11 is 0. The molecule has 7 heteroatoms. The van der Waals surface area contributed by atoms with Crippen molar-refractivity contribution in [3.05, 3.63) is 12.2 Å². The predicted molar refractivity (Wildman–Crippen MR) is 94.8 cm³/mol. The quantitative estimate of drug-likeness (QED) is 0.224. The van der Waals surface area contributed by atoms with Gasteiger partial charge in [0.1, 0.15) is 24.4 Å². The Kier molecular flexibility index (Phi) is 12.3. The van der Waals surface area contributed by atoms with Crippen LogP contribution < -0.4 is 5.73 Å². The third-order valence-corrected chi connectivity index (χ3v) is 4.42. The molecule has 7 nitrogen and oxygen atoms in total. The molecule has 0 bridgehead atoms. The van der Waals surface area contributed by atoms with Crippen LogP contribution in [0.4, 0.5) is 0 Å². The van der Waals surface area contributed by atoms with E-state index < -0.39 is 37.3 Å².